The molecule has 0 aromatic heterocycles. The number of carbonyl (C=O) groups is 2. The summed E-state index contributed by atoms with van der Waals surface area (Å²) in [6.45, 7) is 1.97. The highest BCUT2D eigenvalue weighted by molar-refractivity contribution is 5.97. The molecule has 2 aliphatic rings. The third kappa shape index (κ3) is 3.75. The summed E-state index contributed by atoms with van der Waals surface area (Å²) in [5.41, 5.74) is 9.93. The van der Waals surface area contributed by atoms with Crippen molar-refractivity contribution in [1.82, 2.24) is 4.90 Å². The van der Waals surface area contributed by atoms with E-state index >= 15 is 0 Å². The SMILES string of the molecule is Nc1cccc2c1CCCN2C(=O)C1CCCN(C(=O)Cc2ccccc2)C1. The number of nitrogens with two attached hydrogens (primary N) is 1. The van der Waals surface area contributed by atoms with Crippen molar-refractivity contribution in [2.45, 2.75) is 32.1 Å². The molecule has 5 heteroatoms. The van der Waals surface area contributed by atoms with Crippen molar-refractivity contribution >= 4 is 23.2 Å². The largest absolute Gasteiger partial charge is 0.398 e. The summed E-state index contributed by atoms with van der Waals surface area (Å²) < 4.78 is 0. The first-order valence-corrected chi connectivity index (χ1v) is 10.1. The van der Waals surface area contributed by atoms with Crippen LogP contribution in [0.4, 0.5) is 11.4 Å². The number of nitrogens with zero attached hydrogens (tertiary/aromatic N) is 2. The second-order valence-corrected chi connectivity index (χ2v) is 7.78. The Labute approximate surface area is 166 Å². The normalized spacial score (nSPS) is 19.2. The predicted molar refractivity (Wildman–Crippen MR) is 111 cm³/mol. The zero-order valence-electron chi connectivity index (χ0n) is 16.1. The van der Waals surface area contributed by atoms with E-state index in [0.29, 0.717) is 13.0 Å². The van der Waals surface area contributed by atoms with Crippen LogP contribution in [0.1, 0.15) is 30.4 Å². The van der Waals surface area contributed by atoms with Crippen molar-refractivity contribution < 1.29 is 9.59 Å². The van der Waals surface area contributed by atoms with Crippen LogP contribution in [0.15, 0.2) is 48.5 Å². The van der Waals surface area contributed by atoms with Crippen molar-refractivity contribution in [2.75, 3.05) is 30.3 Å². The highest BCUT2D eigenvalue weighted by Gasteiger charge is 2.33. The van der Waals surface area contributed by atoms with Crippen molar-refractivity contribution in [3.63, 3.8) is 0 Å². The molecule has 4 rings (SSSR count). The molecule has 1 atom stereocenters. The third-order valence-electron chi connectivity index (χ3n) is 5.87. The van der Waals surface area contributed by atoms with Gasteiger partial charge in [-0.15, -0.1) is 0 Å². The van der Waals surface area contributed by atoms with Crippen molar-refractivity contribution in [3.8, 4) is 0 Å². The maximum absolute atomic E-state index is 13.3. The number of rotatable bonds is 3. The van der Waals surface area contributed by atoms with Gasteiger partial charge in [-0.05, 0) is 48.9 Å². The summed E-state index contributed by atoms with van der Waals surface area (Å²) in [4.78, 5) is 29.8. The summed E-state index contributed by atoms with van der Waals surface area (Å²) >= 11 is 0. The molecule has 0 aliphatic carbocycles. The van der Waals surface area contributed by atoms with Gasteiger partial charge in [-0.1, -0.05) is 36.4 Å². The maximum atomic E-state index is 13.3. The minimum absolute atomic E-state index is 0.104. The Bertz CT molecular complexity index is 865. The Morgan fingerprint density at radius 1 is 1.00 bits per heavy atom. The Kier molecular flexibility index (Phi) is 5.33. The van der Waals surface area contributed by atoms with Gasteiger partial charge >= 0.3 is 0 Å². The molecule has 2 N–H and O–H groups in total. The van der Waals surface area contributed by atoms with Crippen molar-refractivity contribution in [1.29, 1.82) is 0 Å². The fourth-order valence-electron chi connectivity index (χ4n) is 4.39. The van der Waals surface area contributed by atoms with Crippen LogP contribution in [0.3, 0.4) is 0 Å². The molecular weight excluding hydrogens is 350 g/mol. The number of benzene rings is 2. The van der Waals surface area contributed by atoms with Gasteiger partial charge < -0.3 is 15.5 Å². The van der Waals surface area contributed by atoms with E-state index in [-0.39, 0.29) is 17.7 Å². The van der Waals surface area contributed by atoms with Crippen molar-refractivity contribution in [3.05, 3.63) is 59.7 Å². The summed E-state index contributed by atoms with van der Waals surface area (Å²) in [7, 11) is 0. The van der Waals surface area contributed by atoms with Gasteiger partial charge in [-0.2, -0.15) is 0 Å². The Morgan fingerprint density at radius 2 is 1.82 bits per heavy atom. The van der Waals surface area contributed by atoms with Crippen molar-refractivity contribution in [2.24, 2.45) is 5.92 Å². The van der Waals surface area contributed by atoms with E-state index in [4.69, 9.17) is 5.73 Å². The smallest absolute Gasteiger partial charge is 0.231 e. The third-order valence-corrected chi connectivity index (χ3v) is 5.87. The first-order valence-electron chi connectivity index (χ1n) is 10.1. The lowest BCUT2D eigenvalue weighted by Crippen LogP contribution is -2.48. The second-order valence-electron chi connectivity index (χ2n) is 7.78. The fraction of sp³-hybridized carbons (Fsp3) is 0.391. The molecule has 0 bridgehead atoms. The van der Waals surface area contributed by atoms with Gasteiger partial charge in [0.05, 0.1) is 12.3 Å². The van der Waals surface area contributed by atoms with Crippen LogP contribution >= 0.6 is 0 Å². The van der Waals surface area contributed by atoms with E-state index in [9.17, 15) is 9.59 Å². The zero-order chi connectivity index (χ0) is 19.5. The average Bonchev–Trinajstić information content (AvgIpc) is 2.74. The lowest BCUT2D eigenvalue weighted by molar-refractivity contribution is -0.134. The average molecular weight is 377 g/mol. The molecular formula is C23H27N3O2. The molecule has 2 heterocycles. The molecule has 2 aromatic carbocycles. The Hall–Kier alpha value is -2.82. The van der Waals surface area contributed by atoms with Gasteiger partial charge in [0.2, 0.25) is 11.8 Å². The zero-order valence-corrected chi connectivity index (χ0v) is 16.1. The van der Waals surface area contributed by atoms with Crippen LogP contribution in [-0.2, 0) is 22.4 Å². The Morgan fingerprint density at radius 3 is 2.64 bits per heavy atom. The van der Waals surface area contributed by atoms with Gasteiger partial charge in [0.15, 0.2) is 0 Å². The quantitative estimate of drug-likeness (QED) is 0.836. The number of carbonyl (C=O) groups excluding carboxylic acids is 2. The number of amides is 2. The summed E-state index contributed by atoms with van der Waals surface area (Å²) in [5.74, 6) is 0.0941. The molecule has 5 nitrogen and oxygen atoms in total. The van der Waals surface area contributed by atoms with Gasteiger partial charge in [0.1, 0.15) is 0 Å². The van der Waals surface area contributed by atoms with Gasteiger partial charge in [-0.3, -0.25) is 9.59 Å². The highest BCUT2D eigenvalue weighted by atomic mass is 16.2. The van der Waals surface area contributed by atoms with Crippen LogP contribution in [0.5, 0.6) is 0 Å². The van der Waals surface area contributed by atoms with Gasteiger partial charge in [0.25, 0.3) is 0 Å². The first kappa shape index (κ1) is 18.5. The van der Waals surface area contributed by atoms with E-state index in [1.54, 1.807) is 0 Å². The second kappa shape index (κ2) is 8.05. The van der Waals surface area contributed by atoms with E-state index in [2.05, 4.69) is 0 Å². The molecule has 1 fully saturated rings. The standard InChI is InChI=1S/C23H27N3O2/c24-20-11-4-12-21-19(20)10-6-14-26(21)23(28)18-9-5-13-25(16-18)22(27)15-17-7-2-1-3-8-17/h1-4,7-8,11-12,18H,5-6,9-10,13-16,24H2. The number of nitrogen functional groups attached to an aromatic ring is 1. The summed E-state index contributed by atoms with van der Waals surface area (Å²) in [6.07, 6.45) is 3.94. The molecule has 1 unspecified atom stereocenters. The van der Waals surface area contributed by atoms with E-state index < -0.39 is 0 Å². The fourth-order valence-corrected chi connectivity index (χ4v) is 4.39. The molecule has 1 saturated heterocycles. The van der Waals surface area contributed by atoms with Crippen LogP contribution in [0.2, 0.25) is 0 Å². The molecule has 0 spiro atoms. The lowest BCUT2D eigenvalue weighted by Gasteiger charge is -2.37. The van der Waals surface area contributed by atoms with Gasteiger partial charge in [-0.25, -0.2) is 0 Å². The van der Waals surface area contributed by atoms with E-state index in [1.807, 2.05) is 58.3 Å². The van der Waals surface area contributed by atoms with E-state index in [1.165, 1.54) is 0 Å². The molecule has 0 saturated carbocycles. The minimum Gasteiger partial charge on any atom is -0.398 e. The molecule has 0 radical (unpaired) electrons. The van der Waals surface area contributed by atoms with Crippen LogP contribution < -0.4 is 10.6 Å². The molecule has 2 aromatic rings. The van der Waals surface area contributed by atoms with Crippen LogP contribution in [0, 0.1) is 5.92 Å². The van der Waals surface area contributed by atoms with E-state index in [0.717, 1.165) is 61.3 Å². The van der Waals surface area contributed by atoms with Crippen LogP contribution in [-0.4, -0.2) is 36.3 Å². The topological polar surface area (TPSA) is 66.6 Å². The Balaban J connectivity index is 1.46. The van der Waals surface area contributed by atoms with Gasteiger partial charge in [0, 0.05) is 31.0 Å². The summed E-state index contributed by atoms with van der Waals surface area (Å²) in [6, 6.07) is 15.6. The van der Waals surface area contributed by atoms with Crippen LogP contribution in [0.25, 0.3) is 0 Å². The minimum atomic E-state index is -0.138. The lowest BCUT2D eigenvalue weighted by atomic mass is 9.93. The molecule has 2 aliphatic heterocycles. The first-order chi connectivity index (χ1) is 13.6. The number of fused-ring (bicyclic) bond motifs is 1. The molecule has 146 valence electrons. The maximum Gasteiger partial charge on any atom is 0.231 e. The monoisotopic (exact) mass is 377 g/mol. The molecule has 28 heavy (non-hydrogen) atoms. The summed E-state index contributed by atoms with van der Waals surface area (Å²) in [5, 5.41) is 0. The molecule has 2 amide bonds. The number of hydrogen-bond donors (Lipinski definition) is 1. The number of anilines is 2. The predicted octanol–water partition coefficient (Wildman–Crippen LogP) is 3.03. The number of piperidine rings is 1. The number of likely N-dealkylation sites (tertiary alicyclic amines) is 1. The number of hydrogen-bond acceptors (Lipinski definition) is 3. The highest BCUT2D eigenvalue weighted by Crippen LogP contribution is 2.33.